The van der Waals surface area contributed by atoms with E-state index in [9.17, 15) is 22.0 Å². The molecule has 1 heterocycles. The number of piperazine rings is 1. The van der Waals surface area contributed by atoms with Crippen LogP contribution >= 0.6 is 11.6 Å². The summed E-state index contributed by atoms with van der Waals surface area (Å²) in [6, 6.07) is 9.17. The van der Waals surface area contributed by atoms with Gasteiger partial charge in [0.2, 0.25) is 15.9 Å². The third kappa shape index (κ3) is 5.23. The Kier molecular flexibility index (Phi) is 6.71. The number of rotatable bonds is 6. The Labute approximate surface area is 172 Å². The smallest absolute Gasteiger partial charge is 0.246 e. The van der Waals surface area contributed by atoms with Crippen LogP contribution in [0.4, 0.5) is 8.78 Å². The molecule has 1 fully saturated rings. The molecule has 0 N–H and O–H groups in total. The Morgan fingerprint density at radius 3 is 2.45 bits per heavy atom. The number of nitrogens with zero attached hydrogens (tertiary/aromatic N) is 2. The Morgan fingerprint density at radius 2 is 1.79 bits per heavy atom. The van der Waals surface area contributed by atoms with Crippen LogP contribution in [0.15, 0.2) is 47.4 Å². The van der Waals surface area contributed by atoms with Crippen molar-refractivity contribution in [2.24, 2.45) is 0 Å². The van der Waals surface area contributed by atoms with Gasteiger partial charge in [-0.15, -0.1) is 0 Å². The molecule has 10 heteroatoms. The molecule has 1 aliphatic rings. The quantitative estimate of drug-likeness (QED) is 0.687. The fraction of sp³-hybridized carbons (Fsp3) is 0.316. The second kappa shape index (κ2) is 9.06. The minimum absolute atomic E-state index is 0.0278. The Bertz CT molecular complexity index is 995. The van der Waals surface area contributed by atoms with Gasteiger partial charge < -0.3 is 9.64 Å². The number of hydrogen-bond donors (Lipinski definition) is 0. The number of hydrogen-bond acceptors (Lipinski definition) is 4. The lowest BCUT2D eigenvalue weighted by Gasteiger charge is -2.34. The molecule has 156 valence electrons. The van der Waals surface area contributed by atoms with Crippen molar-refractivity contribution >= 4 is 27.5 Å². The maximum Gasteiger partial charge on any atom is 0.246 e. The molecule has 0 aliphatic carbocycles. The van der Waals surface area contributed by atoms with Gasteiger partial charge in [-0.1, -0.05) is 17.7 Å². The monoisotopic (exact) mass is 444 g/mol. The predicted octanol–water partition coefficient (Wildman–Crippen LogP) is 2.92. The molecule has 0 bridgehead atoms. The van der Waals surface area contributed by atoms with Crippen molar-refractivity contribution in [3.63, 3.8) is 0 Å². The molecule has 0 radical (unpaired) electrons. The molecule has 0 atom stereocenters. The molecule has 1 saturated heterocycles. The van der Waals surface area contributed by atoms with Crippen LogP contribution in [-0.2, 0) is 14.8 Å². The van der Waals surface area contributed by atoms with E-state index in [1.54, 1.807) is 24.3 Å². The maximum atomic E-state index is 13.9. The topological polar surface area (TPSA) is 66.9 Å². The van der Waals surface area contributed by atoms with Crippen molar-refractivity contribution < 1.29 is 26.7 Å². The van der Waals surface area contributed by atoms with Gasteiger partial charge in [-0.2, -0.15) is 4.31 Å². The number of ether oxygens (including phenoxy) is 1. The van der Waals surface area contributed by atoms with E-state index in [1.807, 2.05) is 0 Å². The first-order chi connectivity index (χ1) is 13.8. The molecular formula is C19H19ClF2N2O4S. The van der Waals surface area contributed by atoms with Crippen LogP contribution in [0, 0.1) is 11.6 Å². The van der Waals surface area contributed by atoms with Gasteiger partial charge in [0.25, 0.3) is 0 Å². The normalized spacial score (nSPS) is 15.3. The molecule has 0 unspecified atom stereocenters. The average Bonchev–Trinajstić information content (AvgIpc) is 2.68. The van der Waals surface area contributed by atoms with Gasteiger partial charge in [0.05, 0.1) is 13.0 Å². The minimum atomic E-state index is -4.10. The zero-order valence-electron chi connectivity index (χ0n) is 15.4. The van der Waals surface area contributed by atoms with Gasteiger partial charge in [0.15, 0.2) is 0 Å². The highest BCUT2D eigenvalue weighted by molar-refractivity contribution is 7.89. The zero-order chi connectivity index (χ0) is 21.0. The van der Waals surface area contributed by atoms with Crippen LogP contribution in [0.2, 0.25) is 5.02 Å². The standard InChI is InChI=1S/C19H19ClF2N2O4S/c20-14-2-1-3-16(12-14)28-11-6-19(25)23-7-9-24(10-8-23)29(26,27)18-5-4-15(21)13-17(18)22/h1-5,12-13H,6-11H2. The van der Waals surface area contributed by atoms with Crippen LogP contribution in [-0.4, -0.2) is 56.3 Å². The van der Waals surface area contributed by atoms with Crippen molar-refractivity contribution in [2.75, 3.05) is 32.8 Å². The third-order valence-corrected chi connectivity index (χ3v) is 6.65. The van der Waals surface area contributed by atoms with Gasteiger partial charge in [-0.25, -0.2) is 17.2 Å². The van der Waals surface area contributed by atoms with Crippen molar-refractivity contribution in [1.82, 2.24) is 9.21 Å². The van der Waals surface area contributed by atoms with Crippen LogP contribution in [0.5, 0.6) is 5.75 Å². The Morgan fingerprint density at radius 1 is 1.07 bits per heavy atom. The summed E-state index contributed by atoms with van der Waals surface area (Å²) < 4.78 is 58.7. The van der Waals surface area contributed by atoms with E-state index in [2.05, 4.69) is 0 Å². The van der Waals surface area contributed by atoms with Gasteiger partial charge >= 0.3 is 0 Å². The zero-order valence-corrected chi connectivity index (χ0v) is 16.9. The van der Waals surface area contributed by atoms with E-state index in [0.29, 0.717) is 16.8 Å². The van der Waals surface area contributed by atoms with E-state index in [-0.39, 0.29) is 45.1 Å². The molecule has 2 aromatic carbocycles. The third-order valence-electron chi connectivity index (χ3n) is 4.48. The van der Waals surface area contributed by atoms with E-state index >= 15 is 0 Å². The molecule has 0 aromatic heterocycles. The molecule has 1 amide bonds. The van der Waals surface area contributed by atoms with Gasteiger partial charge in [-0.3, -0.25) is 4.79 Å². The summed E-state index contributed by atoms with van der Waals surface area (Å²) in [4.78, 5) is 13.3. The first-order valence-electron chi connectivity index (χ1n) is 8.89. The van der Waals surface area contributed by atoms with Crippen molar-refractivity contribution in [2.45, 2.75) is 11.3 Å². The van der Waals surface area contributed by atoms with E-state index in [1.165, 1.54) is 4.90 Å². The summed E-state index contributed by atoms with van der Waals surface area (Å²) in [5.74, 6) is -1.60. The fourth-order valence-electron chi connectivity index (χ4n) is 2.97. The molecule has 1 aliphatic heterocycles. The largest absolute Gasteiger partial charge is 0.493 e. The van der Waals surface area contributed by atoms with Crippen LogP contribution < -0.4 is 4.74 Å². The highest BCUT2D eigenvalue weighted by Crippen LogP contribution is 2.22. The number of amides is 1. The molecule has 0 spiro atoms. The lowest BCUT2D eigenvalue weighted by molar-refractivity contribution is -0.132. The summed E-state index contributed by atoms with van der Waals surface area (Å²) in [6.45, 7) is 0.578. The number of halogens is 3. The van der Waals surface area contributed by atoms with E-state index < -0.39 is 26.6 Å². The lowest BCUT2D eigenvalue weighted by Crippen LogP contribution is -2.50. The molecule has 6 nitrogen and oxygen atoms in total. The second-order valence-electron chi connectivity index (χ2n) is 6.42. The summed E-state index contributed by atoms with van der Waals surface area (Å²) in [5, 5.41) is 0.531. The summed E-state index contributed by atoms with van der Waals surface area (Å²) in [7, 11) is -4.10. The lowest BCUT2D eigenvalue weighted by atomic mass is 10.3. The minimum Gasteiger partial charge on any atom is -0.493 e. The summed E-state index contributed by atoms with van der Waals surface area (Å²) >= 11 is 5.87. The predicted molar refractivity (Wildman–Crippen MR) is 103 cm³/mol. The fourth-order valence-corrected chi connectivity index (χ4v) is 4.62. The van der Waals surface area contributed by atoms with Crippen LogP contribution in [0.3, 0.4) is 0 Å². The van der Waals surface area contributed by atoms with Crippen LogP contribution in [0.25, 0.3) is 0 Å². The SMILES string of the molecule is O=C(CCOc1cccc(Cl)c1)N1CCN(S(=O)(=O)c2ccc(F)cc2F)CC1. The highest BCUT2D eigenvalue weighted by atomic mass is 35.5. The molecule has 0 saturated carbocycles. The van der Waals surface area contributed by atoms with Crippen molar-refractivity contribution in [1.29, 1.82) is 0 Å². The van der Waals surface area contributed by atoms with Crippen LogP contribution in [0.1, 0.15) is 6.42 Å². The van der Waals surface area contributed by atoms with Crippen molar-refractivity contribution in [3.05, 3.63) is 59.1 Å². The maximum absolute atomic E-state index is 13.9. The average molecular weight is 445 g/mol. The van der Waals surface area contributed by atoms with Gasteiger partial charge in [-0.05, 0) is 30.3 Å². The summed E-state index contributed by atoms with van der Waals surface area (Å²) in [5.41, 5.74) is 0. The number of carbonyl (C=O) groups excluding carboxylic acids is 1. The highest BCUT2D eigenvalue weighted by Gasteiger charge is 2.31. The molecular weight excluding hydrogens is 426 g/mol. The number of sulfonamides is 1. The number of benzene rings is 2. The first-order valence-corrected chi connectivity index (χ1v) is 10.7. The first kappa shape index (κ1) is 21.5. The van der Waals surface area contributed by atoms with E-state index in [4.69, 9.17) is 16.3 Å². The van der Waals surface area contributed by atoms with Gasteiger partial charge in [0.1, 0.15) is 22.3 Å². The molecule has 29 heavy (non-hydrogen) atoms. The van der Waals surface area contributed by atoms with E-state index in [0.717, 1.165) is 16.4 Å². The van der Waals surface area contributed by atoms with Crippen molar-refractivity contribution in [3.8, 4) is 5.75 Å². The molecule has 3 rings (SSSR count). The second-order valence-corrected chi connectivity index (χ2v) is 8.76. The summed E-state index contributed by atoms with van der Waals surface area (Å²) in [6.07, 6.45) is 0.131. The van der Waals surface area contributed by atoms with Gasteiger partial charge in [0, 0.05) is 37.3 Å². The Balaban J connectivity index is 1.52. The Hall–Kier alpha value is -2.23. The molecule has 2 aromatic rings. The number of carbonyl (C=O) groups is 1.